The number of Topliss-reactive ketones (excluding diaryl/α,β-unsaturated/α-hetero) is 1. The summed E-state index contributed by atoms with van der Waals surface area (Å²) in [5.74, 6) is -1.96. The van der Waals surface area contributed by atoms with Crippen LogP contribution in [0.2, 0.25) is 0 Å². The Morgan fingerprint density at radius 3 is 2.33 bits per heavy atom. The summed E-state index contributed by atoms with van der Waals surface area (Å²) in [4.78, 5) is 27.1. The molecule has 0 radical (unpaired) electrons. The number of benzene rings is 2. The number of anilines is 1. The van der Waals surface area contributed by atoms with Crippen molar-refractivity contribution in [1.29, 1.82) is 0 Å². The van der Waals surface area contributed by atoms with Crippen molar-refractivity contribution in [3.63, 3.8) is 0 Å². The Kier molecular flexibility index (Phi) is 5.04. The SMILES string of the molecule is COc1ccc([C@H]2C(=C(O)c3ccc(F)cc3)C(=O)C(=O)N2c2nnc(C)s2)cc1. The van der Waals surface area contributed by atoms with E-state index in [0.29, 0.717) is 16.3 Å². The molecule has 4 rings (SSSR count). The van der Waals surface area contributed by atoms with Gasteiger partial charge in [-0.05, 0) is 48.9 Å². The van der Waals surface area contributed by atoms with Gasteiger partial charge in [0.2, 0.25) is 5.13 Å². The van der Waals surface area contributed by atoms with Crippen LogP contribution in [0.5, 0.6) is 5.75 Å². The second kappa shape index (κ2) is 7.68. The van der Waals surface area contributed by atoms with Crippen LogP contribution in [0, 0.1) is 12.7 Å². The second-order valence-corrected chi connectivity index (χ2v) is 7.71. The number of ketones is 1. The third-order valence-electron chi connectivity index (χ3n) is 4.72. The summed E-state index contributed by atoms with van der Waals surface area (Å²) in [6, 6.07) is 10.9. The van der Waals surface area contributed by atoms with E-state index in [2.05, 4.69) is 10.2 Å². The number of aliphatic hydroxyl groups is 1. The lowest BCUT2D eigenvalue weighted by Crippen LogP contribution is -2.29. The first kappa shape index (κ1) is 19.7. The number of ether oxygens (including phenoxy) is 1. The quantitative estimate of drug-likeness (QED) is 0.390. The van der Waals surface area contributed by atoms with Gasteiger partial charge < -0.3 is 9.84 Å². The first-order valence-corrected chi connectivity index (χ1v) is 9.73. The Balaban J connectivity index is 1.92. The fourth-order valence-electron chi connectivity index (χ4n) is 3.28. The van der Waals surface area contributed by atoms with E-state index in [9.17, 15) is 19.1 Å². The summed E-state index contributed by atoms with van der Waals surface area (Å²) >= 11 is 1.16. The van der Waals surface area contributed by atoms with Crippen LogP contribution in [0.1, 0.15) is 22.2 Å². The molecular weight excluding hydrogens is 409 g/mol. The molecule has 1 saturated heterocycles. The van der Waals surface area contributed by atoms with E-state index in [1.807, 2.05) is 0 Å². The van der Waals surface area contributed by atoms with E-state index >= 15 is 0 Å². The topological polar surface area (TPSA) is 92.6 Å². The lowest BCUT2D eigenvalue weighted by atomic mass is 9.95. The molecule has 1 aliphatic heterocycles. The zero-order valence-corrected chi connectivity index (χ0v) is 16.8. The van der Waals surface area contributed by atoms with Gasteiger partial charge in [0, 0.05) is 5.56 Å². The molecule has 1 aromatic heterocycles. The fraction of sp³-hybridized carbons (Fsp3) is 0.143. The molecule has 1 aliphatic rings. The molecule has 152 valence electrons. The summed E-state index contributed by atoms with van der Waals surface area (Å²) < 4.78 is 18.5. The van der Waals surface area contributed by atoms with Crippen LogP contribution in [0.3, 0.4) is 0 Å². The molecule has 0 aliphatic carbocycles. The number of hydrogen-bond donors (Lipinski definition) is 1. The lowest BCUT2D eigenvalue weighted by molar-refractivity contribution is -0.132. The molecule has 2 aromatic carbocycles. The number of aliphatic hydroxyl groups excluding tert-OH is 1. The maximum Gasteiger partial charge on any atom is 0.301 e. The molecule has 1 fully saturated rings. The average molecular weight is 425 g/mol. The van der Waals surface area contributed by atoms with Gasteiger partial charge in [-0.25, -0.2) is 4.39 Å². The van der Waals surface area contributed by atoms with Crippen LogP contribution in [0.25, 0.3) is 5.76 Å². The average Bonchev–Trinajstić information content (AvgIpc) is 3.29. The molecule has 2 heterocycles. The summed E-state index contributed by atoms with van der Waals surface area (Å²) in [5.41, 5.74) is 0.692. The standard InChI is InChI=1S/C21H16FN3O4S/c1-11-23-24-21(30-11)25-17(12-5-9-15(29-2)10-6-12)16(19(27)20(25)28)18(26)13-3-7-14(22)8-4-13/h3-10,17,26H,1-2H3/t17-/m0/s1. The number of carbonyl (C=O) groups excluding carboxylic acids is 2. The summed E-state index contributed by atoms with van der Waals surface area (Å²) in [7, 11) is 1.53. The number of aryl methyl sites for hydroxylation is 1. The third-order valence-corrected chi connectivity index (χ3v) is 5.55. The van der Waals surface area contributed by atoms with Gasteiger partial charge >= 0.3 is 5.91 Å². The van der Waals surface area contributed by atoms with Gasteiger partial charge in [-0.2, -0.15) is 0 Å². The van der Waals surface area contributed by atoms with Crippen molar-refractivity contribution in [3.8, 4) is 5.75 Å². The third kappa shape index (κ3) is 3.33. The van der Waals surface area contributed by atoms with E-state index < -0.39 is 29.3 Å². The number of aromatic nitrogens is 2. The minimum atomic E-state index is -0.923. The van der Waals surface area contributed by atoms with E-state index in [1.54, 1.807) is 31.2 Å². The van der Waals surface area contributed by atoms with Gasteiger partial charge in [0.05, 0.1) is 18.7 Å². The Bertz CT molecular complexity index is 1160. The minimum Gasteiger partial charge on any atom is -0.507 e. The molecule has 1 amide bonds. The number of carbonyl (C=O) groups is 2. The van der Waals surface area contributed by atoms with Gasteiger partial charge in [0.25, 0.3) is 5.78 Å². The highest BCUT2D eigenvalue weighted by atomic mass is 32.1. The molecule has 1 N–H and O–H groups in total. The van der Waals surface area contributed by atoms with Crippen molar-refractivity contribution in [1.82, 2.24) is 10.2 Å². The molecule has 0 saturated carbocycles. The second-order valence-electron chi connectivity index (χ2n) is 6.55. The smallest absolute Gasteiger partial charge is 0.301 e. The van der Waals surface area contributed by atoms with Crippen molar-refractivity contribution in [2.24, 2.45) is 0 Å². The van der Waals surface area contributed by atoms with E-state index in [-0.39, 0.29) is 16.3 Å². The Hall–Kier alpha value is -3.59. The molecule has 0 spiro atoms. The van der Waals surface area contributed by atoms with Crippen LogP contribution >= 0.6 is 11.3 Å². The van der Waals surface area contributed by atoms with Crippen molar-refractivity contribution in [2.45, 2.75) is 13.0 Å². The first-order valence-electron chi connectivity index (χ1n) is 8.91. The number of halogens is 1. The highest BCUT2D eigenvalue weighted by Crippen LogP contribution is 2.43. The molecule has 9 heteroatoms. The maximum atomic E-state index is 13.3. The number of rotatable bonds is 4. The maximum absolute atomic E-state index is 13.3. The van der Waals surface area contributed by atoms with Crippen molar-refractivity contribution < 1.29 is 23.8 Å². The van der Waals surface area contributed by atoms with E-state index in [0.717, 1.165) is 11.3 Å². The van der Waals surface area contributed by atoms with Crippen molar-refractivity contribution >= 4 is 33.9 Å². The fourth-order valence-corrected chi connectivity index (χ4v) is 3.99. The van der Waals surface area contributed by atoms with Crippen LogP contribution in [-0.4, -0.2) is 34.1 Å². The molecule has 0 bridgehead atoms. The Morgan fingerprint density at radius 2 is 1.77 bits per heavy atom. The largest absolute Gasteiger partial charge is 0.507 e. The van der Waals surface area contributed by atoms with Crippen molar-refractivity contribution in [3.05, 3.63) is 76.1 Å². The first-order chi connectivity index (χ1) is 14.4. The van der Waals surface area contributed by atoms with Crippen LogP contribution in [0.15, 0.2) is 54.1 Å². The normalized spacial score (nSPS) is 18.1. The van der Waals surface area contributed by atoms with Crippen LogP contribution in [0.4, 0.5) is 9.52 Å². The highest BCUT2D eigenvalue weighted by Gasteiger charge is 2.48. The number of nitrogens with zero attached hydrogens (tertiary/aromatic N) is 3. The van der Waals surface area contributed by atoms with Gasteiger partial charge in [-0.1, -0.05) is 23.5 Å². The molecule has 0 unspecified atom stereocenters. The van der Waals surface area contributed by atoms with E-state index in [1.165, 1.54) is 36.3 Å². The van der Waals surface area contributed by atoms with E-state index in [4.69, 9.17) is 4.74 Å². The minimum absolute atomic E-state index is 0.107. The van der Waals surface area contributed by atoms with Crippen LogP contribution in [-0.2, 0) is 9.59 Å². The zero-order chi connectivity index (χ0) is 21.4. The summed E-state index contributed by atoms with van der Waals surface area (Å²) in [5, 5.41) is 19.7. The van der Waals surface area contributed by atoms with Gasteiger partial charge in [-0.15, -0.1) is 10.2 Å². The summed E-state index contributed by atoms with van der Waals surface area (Å²) in [6.07, 6.45) is 0. The van der Waals surface area contributed by atoms with Gasteiger partial charge in [0.15, 0.2) is 0 Å². The predicted molar refractivity (Wildman–Crippen MR) is 109 cm³/mol. The lowest BCUT2D eigenvalue weighted by Gasteiger charge is -2.22. The monoisotopic (exact) mass is 425 g/mol. The molecule has 3 aromatic rings. The van der Waals surface area contributed by atoms with Crippen LogP contribution < -0.4 is 9.64 Å². The summed E-state index contributed by atoms with van der Waals surface area (Å²) in [6.45, 7) is 1.73. The number of hydrogen-bond acceptors (Lipinski definition) is 7. The van der Waals surface area contributed by atoms with Crippen molar-refractivity contribution in [2.75, 3.05) is 12.0 Å². The number of amides is 1. The predicted octanol–water partition coefficient (Wildman–Crippen LogP) is 3.62. The van der Waals surface area contributed by atoms with Gasteiger partial charge in [0.1, 0.15) is 22.3 Å². The Labute approximate surface area is 175 Å². The number of methoxy groups -OCH3 is 1. The molecule has 1 atom stereocenters. The molecular formula is C21H16FN3O4S. The molecule has 30 heavy (non-hydrogen) atoms. The van der Waals surface area contributed by atoms with Gasteiger partial charge in [-0.3, -0.25) is 14.5 Å². The molecule has 7 nitrogen and oxygen atoms in total. The highest BCUT2D eigenvalue weighted by molar-refractivity contribution is 7.15. The zero-order valence-electron chi connectivity index (χ0n) is 16.0. The Morgan fingerprint density at radius 1 is 1.10 bits per heavy atom.